The predicted octanol–water partition coefficient (Wildman–Crippen LogP) is 1.55. The van der Waals surface area contributed by atoms with Gasteiger partial charge in [-0.15, -0.1) is 0 Å². The van der Waals surface area contributed by atoms with Gasteiger partial charge in [0.15, 0.2) is 0 Å². The number of carbonyl (C=O) groups excluding carboxylic acids is 1. The topological polar surface area (TPSA) is 73.9 Å². The summed E-state index contributed by atoms with van der Waals surface area (Å²) in [6, 6.07) is 0. The highest BCUT2D eigenvalue weighted by molar-refractivity contribution is 5.90. The van der Waals surface area contributed by atoms with E-state index in [2.05, 4.69) is 32.1 Å². The van der Waals surface area contributed by atoms with E-state index in [-0.39, 0.29) is 0 Å². The van der Waals surface area contributed by atoms with Gasteiger partial charge >= 0.3 is 0 Å². The Morgan fingerprint density at radius 3 is 2.90 bits per heavy atom. The number of hydrogen-bond acceptors (Lipinski definition) is 5. The van der Waals surface area contributed by atoms with Crippen LogP contribution >= 0.6 is 0 Å². The molecule has 1 saturated heterocycles. The quantitative estimate of drug-likeness (QED) is 0.884. The van der Waals surface area contributed by atoms with Gasteiger partial charge in [-0.2, -0.15) is 0 Å². The summed E-state index contributed by atoms with van der Waals surface area (Å²) in [6.07, 6.45) is 4.90. The van der Waals surface area contributed by atoms with E-state index in [9.17, 15) is 4.79 Å². The van der Waals surface area contributed by atoms with E-state index in [1.54, 1.807) is 6.33 Å². The molecule has 0 spiro atoms. The van der Waals surface area contributed by atoms with Crippen molar-refractivity contribution in [3.05, 3.63) is 18.1 Å². The monoisotopic (exact) mass is 273 g/mol. The van der Waals surface area contributed by atoms with Gasteiger partial charge < -0.3 is 10.3 Å². The first-order valence-electron chi connectivity index (χ1n) is 7.07. The molecule has 106 valence electrons. The van der Waals surface area contributed by atoms with Crippen molar-refractivity contribution in [3.8, 4) is 0 Å². The van der Waals surface area contributed by atoms with Crippen LogP contribution in [0.2, 0.25) is 0 Å². The summed E-state index contributed by atoms with van der Waals surface area (Å²) >= 11 is 0. The molecule has 0 aromatic carbocycles. The maximum Gasteiger partial charge on any atom is 0.143 e. The van der Waals surface area contributed by atoms with Gasteiger partial charge in [-0.05, 0) is 12.5 Å². The number of piperidine rings is 1. The van der Waals surface area contributed by atoms with Crippen molar-refractivity contribution >= 4 is 22.6 Å². The molecule has 6 heteroatoms. The molecule has 1 aliphatic heterocycles. The molecule has 1 aliphatic rings. The van der Waals surface area contributed by atoms with Crippen molar-refractivity contribution in [2.45, 2.75) is 26.3 Å². The van der Waals surface area contributed by atoms with Crippen LogP contribution in [-0.2, 0) is 11.3 Å². The molecule has 2 aromatic heterocycles. The van der Waals surface area contributed by atoms with Crippen LogP contribution in [0.1, 0.15) is 25.3 Å². The Balaban J connectivity index is 1.85. The van der Waals surface area contributed by atoms with E-state index in [1.165, 1.54) is 5.56 Å². The Labute approximate surface area is 117 Å². The number of fused-ring (bicyclic) bond motifs is 1. The van der Waals surface area contributed by atoms with Gasteiger partial charge in [0.05, 0.1) is 5.39 Å². The van der Waals surface area contributed by atoms with Gasteiger partial charge in [-0.1, -0.05) is 0 Å². The molecule has 20 heavy (non-hydrogen) atoms. The Kier molecular flexibility index (Phi) is 3.64. The third kappa shape index (κ3) is 2.51. The van der Waals surface area contributed by atoms with Gasteiger partial charge in [0.2, 0.25) is 0 Å². The second-order valence-electron chi connectivity index (χ2n) is 5.10. The molecule has 2 aromatic rings. The molecule has 1 fully saturated rings. The van der Waals surface area contributed by atoms with E-state index in [0.29, 0.717) is 18.6 Å². The van der Waals surface area contributed by atoms with Crippen molar-refractivity contribution in [2.75, 3.05) is 25.0 Å². The van der Waals surface area contributed by atoms with Gasteiger partial charge in [0, 0.05) is 45.2 Å². The Hall–Kier alpha value is -1.95. The number of carbonyl (C=O) groups is 1. The summed E-state index contributed by atoms with van der Waals surface area (Å²) < 4.78 is 0. The standard InChI is InChI=1S/C14H19N5O/c1-2-15-13-12-10(7-16-14(12)18-9-17-13)8-19-5-3-11(20)4-6-19/h7,9H,2-6,8H2,1H3,(H2,15,16,17,18). The number of ketones is 1. The second kappa shape index (κ2) is 5.58. The molecule has 0 radical (unpaired) electrons. The average Bonchev–Trinajstić information content (AvgIpc) is 2.86. The molecule has 2 N–H and O–H groups in total. The molecule has 3 rings (SSSR count). The lowest BCUT2D eigenvalue weighted by molar-refractivity contribution is -0.121. The van der Waals surface area contributed by atoms with E-state index in [1.807, 2.05) is 6.20 Å². The molecule has 6 nitrogen and oxygen atoms in total. The first-order valence-corrected chi connectivity index (χ1v) is 7.07. The molecular weight excluding hydrogens is 254 g/mol. The van der Waals surface area contributed by atoms with Crippen LogP contribution in [-0.4, -0.2) is 45.3 Å². The van der Waals surface area contributed by atoms with Gasteiger partial charge in [-0.3, -0.25) is 9.69 Å². The number of H-pyrrole nitrogens is 1. The van der Waals surface area contributed by atoms with Gasteiger partial charge in [0.1, 0.15) is 23.6 Å². The summed E-state index contributed by atoms with van der Waals surface area (Å²) in [5.41, 5.74) is 2.05. The fourth-order valence-electron chi connectivity index (χ4n) is 2.65. The zero-order valence-corrected chi connectivity index (χ0v) is 11.6. The number of aromatic nitrogens is 3. The average molecular weight is 273 g/mol. The number of Topliss-reactive ketones (excluding diaryl/α,β-unsaturated/α-hetero) is 1. The smallest absolute Gasteiger partial charge is 0.143 e. The number of rotatable bonds is 4. The van der Waals surface area contributed by atoms with Gasteiger partial charge in [-0.25, -0.2) is 9.97 Å². The predicted molar refractivity (Wildman–Crippen MR) is 77.6 cm³/mol. The molecule has 0 atom stereocenters. The lowest BCUT2D eigenvalue weighted by atomic mass is 10.1. The number of nitrogens with zero attached hydrogens (tertiary/aromatic N) is 3. The van der Waals surface area contributed by atoms with Crippen molar-refractivity contribution < 1.29 is 4.79 Å². The molecule has 0 amide bonds. The summed E-state index contributed by atoms with van der Waals surface area (Å²) in [4.78, 5) is 25.4. The third-order valence-electron chi connectivity index (χ3n) is 3.70. The second-order valence-corrected chi connectivity index (χ2v) is 5.10. The van der Waals surface area contributed by atoms with Crippen LogP contribution in [0.25, 0.3) is 11.0 Å². The minimum atomic E-state index is 0.372. The first kappa shape index (κ1) is 13.1. The SMILES string of the molecule is CCNc1ncnc2[nH]cc(CN3CCC(=O)CC3)c12. The molecule has 3 heterocycles. The van der Waals surface area contributed by atoms with Crippen LogP contribution in [0.5, 0.6) is 0 Å². The fraction of sp³-hybridized carbons (Fsp3) is 0.500. The van der Waals surface area contributed by atoms with Crippen LogP contribution in [0, 0.1) is 0 Å². The molecule has 0 saturated carbocycles. The largest absolute Gasteiger partial charge is 0.370 e. The lowest BCUT2D eigenvalue weighted by Gasteiger charge is -2.25. The lowest BCUT2D eigenvalue weighted by Crippen LogP contribution is -2.33. The van der Waals surface area contributed by atoms with E-state index in [0.717, 1.165) is 43.0 Å². The highest BCUT2D eigenvalue weighted by Crippen LogP contribution is 2.25. The van der Waals surface area contributed by atoms with Crippen LogP contribution < -0.4 is 5.32 Å². The maximum absolute atomic E-state index is 11.3. The number of nitrogens with one attached hydrogen (secondary N) is 2. The summed E-state index contributed by atoms with van der Waals surface area (Å²) in [6.45, 7) is 5.40. The zero-order chi connectivity index (χ0) is 13.9. The Bertz CT molecular complexity index is 611. The molecule has 0 aliphatic carbocycles. The van der Waals surface area contributed by atoms with E-state index < -0.39 is 0 Å². The highest BCUT2D eigenvalue weighted by atomic mass is 16.1. The molecule has 0 unspecified atom stereocenters. The van der Waals surface area contributed by atoms with Crippen LogP contribution in [0.4, 0.5) is 5.82 Å². The normalized spacial score (nSPS) is 16.8. The van der Waals surface area contributed by atoms with Gasteiger partial charge in [0.25, 0.3) is 0 Å². The summed E-state index contributed by atoms with van der Waals surface area (Å²) in [5, 5.41) is 4.34. The van der Waals surface area contributed by atoms with Crippen molar-refractivity contribution in [2.24, 2.45) is 0 Å². The number of anilines is 1. The Morgan fingerprint density at radius 1 is 1.35 bits per heavy atom. The number of aromatic amines is 1. The highest BCUT2D eigenvalue weighted by Gasteiger charge is 2.18. The molecular formula is C14H19N5O. The summed E-state index contributed by atoms with van der Waals surface area (Å²) in [5.74, 6) is 1.25. The maximum atomic E-state index is 11.3. The zero-order valence-electron chi connectivity index (χ0n) is 11.6. The Morgan fingerprint density at radius 2 is 2.15 bits per heavy atom. The fourth-order valence-corrected chi connectivity index (χ4v) is 2.65. The van der Waals surface area contributed by atoms with Crippen LogP contribution in [0.15, 0.2) is 12.5 Å². The van der Waals surface area contributed by atoms with E-state index in [4.69, 9.17) is 0 Å². The van der Waals surface area contributed by atoms with Crippen LogP contribution in [0.3, 0.4) is 0 Å². The number of hydrogen-bond donors (Lipinski definition) is 2. The van der Waals surface area contributed by atoms with Crippen molar-refractivity contribution in [1.82, 2.24) is 19.9 Å². The third-order valence-corrected chi connectivity index (χ3v) is 3.70. The van der Waals surface area contributed by atoms with E-state index >= 15 is 0 Å². The summed E-state index contributed by atoms with van der Waals surface area (Å²) in [7, 11) is 0. The first-order chi connectivity index (χ1) is 9.78. The molecule has 0 bridgehead atoms. The minimum absolute atomic E-state index is 0.372. The van der Waals surface area contributed by atoms with Crippen molar-refractivity contribution in [3.63, 3.8) is 0 Å². The number of likely N-dealkylation sites (tertiary alicyclic amines) is 1. The van der Waals surface area contributed by atoms with Crippen molar-refractivity contribution in [1.29, 1.82) is 0 Å². The minimum Gasteiger partial charge on any atom is -0.370 e.